The van der Waals surface area contributed by atoms with E-state index in [0.717, 1.165) is 17.8 Å². The van der Waals surface area contributed by atoms with Gasteiger partial charge in [0.2, 0.25) is 0 Å². The van der Waals surface area contributed by atoms with E-state index in [4.69, 9.17) is 0 Å². The summed E-state index contributed by atoms with van der Waals surface area (Å²) in [4.78, 5) is 9.07. The van der Waals surface area contributed by atoms with Gasteiger partial charge in [0.15, 0.2) is 0 Å². The third-order valence-electron chi connectivity index (χ3n) is 3.50. The third kappa shape index (κ3) is 1.13. The number of aryl methyl sites for hydroxylation is 2. The van der Waals surface area contributed by atoms with Crippen LogP contribution in [-0.4, -0.2) is 9.97 Å². The Morgan fingerprint density at radius 2 is 1.94 bits per heavy atom. The summed E-state index contributed by atoms with van der Waals surface area (Å²) in [6.45, 7) is 6.33. The molecule has 2 heteroatoms. The molecule has 1 aliphatic carbocycles. The van der Waals surface area contributed by atoms with Gasteiger partial charge < -0.3 is 0 Å². The molecule has 0 N–H and O–H groups in total. The van der Waals surface area contributed by atoms with Gasteiger partial charge in [-0.25, -0.2) is 0 Å². The third-order valence-corrected chi connectivity index (χ3v) is 3.50. The Bertz CT molecular complexity index is 586. The molecule has 0 fully saturated rings. The van der Waals surface area contributed by atoms with Crippen molar-refractivity contribution in [3.05, 3.63) is 46.5 Å². The molecule has 0 amide bonds. The summed E-state index contributed by atoms with van der Waals surface area (Å²) in [7, 11) is 0. The topological polar surface area (TPSA) is 25.8 Å². The van der Waals surface area contributed by atoms with E-state index in [-0.39, 0.29) is 0 Å². The second-order valence-corrected chi connectivity index (χ2v) is 4.44. The number of hydrogen-bond acceptors (Lipinski definition) is 2. The molecular formula is C14H14N2. The van der Waals surface area contributed by atoms with Crippen molar-refractivity contribution in [2.75, 3.05) is 0 Å². The Balaban J connectivity index is 2.37. The van der Waals surface area contributed by atoms with Crippen molar-refractivity contribution in [1.29, 1.82) is 0 Å². The van der Waals surface area contributed by atoms with Crippen molar-refractivity contribution in [2.45, 2.75) is 27.2 Å². The molecule has 16 heavy (non-hydrogen) atoms. The fourth-order valence-corrected chi connectivity index (χ4v) is 2.57. The van der Waals surface area contributed by atoms with E-state index in [0.29, 0.717) is 0 Å². The predicted octanol–water partition coefficient (Wildman–Crippen LogP) is 2.97. The van der Waals surface area contributed by atoms with Gasteiger partial charge in [-0.05, 0) is 38.0 Å². The van der Waals surface area contributed by atoms with E-state index >= 15 is 0 Å². The summed E-state index contributed by atoms with van der Waals surface area (Å²) < 4.78 is 0. The number of pyridine rings is 2. The van der Waals surface area contributed by atoms with E-state index in [2.05, 4.69) is 36.8 Å². The first-order valence-electron chi connectivity index (χ1n) is 5.59. The van der Waals surface area contributed by atoms with E-state index < -0.39 is 0 Å². The highest BCUT2D eigenvalue weighted by Crippen LogP contribution is 2.39. The quantitative estimate of drug-likeness (QED) is 0.570. The van der Waals surface area contributed by atoms with Crippen molar-refractivity contribution in [3.8, 4) is 11.1 Å². The molecule has 0 bridgehead atoms. The Morgan fingerprint density at radius 3 is 2.75 bits per heavy atom. The minimum Gasteiger partial charge on any atom is -0.260 e. The summed E-state index contributed by atoms with van der Waals surface area (Å²) in [5.74, 6) is 0. The average molecular weight is 210 g/mol. The summed E-state index contributed by atoms with van der Waals surface area (Å²) >= 11 is 0. The fraction of sp³-hybridized carbons (Fsp3) is 0.286. The summed E-state index contributed by atoms with van der Waals surface area (Å²) in [6.07, 6.45) is 2.83. The predicted molar refractivity (Wildman–Crippen MR) is 64.5 cm³/mol. The average Bonchev–Trinajstić information content (AvgIpc) is 2.65. The van der Waals surface area contributed by atoms with E-state index in [1.807, 2.05) is 12.3 Å². The van der Waals surface area contributed by atoms with Crippen LogP contribution in [0.1, 0.15) is 28.2 Å². The normalized spacial score (nSPS) is 12.4. The van der Waals surface area contributed by atoms with Gasteiger partial charge in [-0.1, -0.05) is 6.07 Å². The second kappa shape index (κ2) is 3.14. The lowest BCUT2D eigenvalue weighted by Gasteiger charge is -2.10. The highest BCUT2D eigenvalue weighted by molar-refractivity contribution is 5.78. The minimum absolute atomic E-state index is 0.960. The maximum Gasteiger partial charge on any atom is 0.0526 e. The van der Waals surface area contributed by atoms with E-state index in [9.17, 15) is 0 Å². The molecule has 0 saturated heterocycles. The van der Waals surface area contributed by atoms with Gasteiger partial charge >= 0.3 is 0 Å². The van der Waals surface area contributed by atoms with Crippen LogP contribution in [0.25, 0.3) is 11.1 Å². The van der Waals surface area contributed by atoms with Crippen LogP contribution in [0.5, 0.6) is 0 Å². The first kappa shape index (κ1) is 9.52. The molecule has 80 valence electrons. The van der Waals surface area contributed by atoms with Crippen LogP contribution in [0.4, 0.5) is 0 Å². The van der Waals surface area contributed by atoms with Crippen molar-refractivity contribution < 1.29 is 0 Å². The van der Waals surface area contributed by atoms with Gasteiger partial charge in [-0.3, -0.25) is 9.97 Å². The molecule has 2 aromatic rings. The molecule has 0 atom stereocenters. The zero-order valence-corrected chi connectivity index (χ0v) is 9.83. The Labute approximate surface area is 95.4 Å². The van der Waals surface area contributed by atoms with Gasteiger partial charge in [0.05, 0.1) is 5.69 Å². The van der Waals surface area contributed by atoms with Gasteiger partial charge in [-0.15, -0.1) is 0 Å². The van der Waals surface area contributed by atoms with Gasteiger partial charge in [0.1, 0.15) is 0 Å². The largest absolute Gasteiger partial charge is 0.260 e. The molecule has 0 spiro atoms. The monoisotopic (exact) mass is 210 g/mol. The van der Waals surface area contributed by atoms with Crippen LogP contribution in [0.3, 0.4) is 0 Å². The number of fused-ring (bicyclic) bond motifs is 3. The SMILES string of the molecule is Cc1nc(C)c2c(c1C)Cc1ncccc1-2. The van der Waals surface area contributed by atoms with E-state index in [1.54, 1.807) is 0 Å². The molecule has 1 aliphatic rings. The first-order chi connectivity index (χ1) is 7.68. The van der Waals surface area contributed by atoms with Crippen LogP contribution in [0.15, 0.2) is 18.3 Å². The molecule has 0 radical (unpaired) electrons. The second-order valence-electron chi connectivity index (χ2n) is 4.44. The van der Waals surface area contributed by atoms with Crippen molar-refractivity contribution in [2.24, 2.45) is 0 Å². The van der Waals surface area contributed by atoms with Crippen molar-refractivity contribution >= 4 is 0 Å². The molecule has 3 rings (SSSR count). The lowest BCUT2D eigenvalue weighted by molar-refractivity contribution is 1.05. The molecule has 0 aliphatic heterocycles. The maximum atomic E-state index is 4.62. The molecule has 2 aromatic heterocycles. The smallest absolute Gasteiger partial charge is 0.0526 e. The molecule has 0 aromatic carbocycles. The zero-order chi connectivity index (χ0) is 11.3. The summed E-state index contributed by atoms with van der Waals surface area (Å²) in [5.41, 5.74) is 8.78. The van der Waals surface area contributed by atoms with Crippen LogP contribution in [-0.2, 0) is 6.42 Å². The van der Waals surface area contributed by atoms with Crippen LogP contribution in [0, 0.1) is 20.8 Å². The van der Waals surface area contributed by atoms with E-state index in [1.165, 1.54) is 27.9 Å². The standard InChI is InChI=1S/C14H14N2/c1-8-9(2)16-10(3)14-11-5-4-6-15-13(11)7-12(8)14/h4-6H,7H2,1-3H3. The highest BCUT2D eigenvalue weighted by atomic mass is 14.7. The zero-order valence-electron chi connectivity index (χ0n) is 9.83. The Hall–Kier alpha value is -1.70. The fourth-order valence-electron chi connectivity index (χ4n) is 2.57. The molecule has 0 saturated carbocycles. The van der Waals surface area contributed by atoms with Crippen LogP contribution < -0.4 is 0 Å². The number of rotatable bonds is 0. The van der Waals surface area contributed by atoms with Crippen LogP contribution in [0.2, 0.25) is 0 Å². The summed E-state index contributed by atoms with van der Waals surface area (Å²) in [6, 6.07) is 4.15. The van der Waals surface area contributed by atoms with Crippen molar-refractivity contribution in [3.63, 3.8) is 0 Å². The first-order valence-corrected chi connectivity index (χ1v) is 5.59. The molecule has 2 heterocycles. The number of hydrogen-bond donors (Lipinski definition) is 0. The van der Waals surface area contributed by atoms with Gasteiger partial charge in [0.25, 0.3) is 0 Å². The Kier molecular flexibility index (Phi) is 1.87. The van der Waals surface area contributed by atoms with Gasteiger partial charge in [0, 0.05) is 35.1 Å². The Morgan fingerprint density at radius 1 is 1.12 bits per heavy atom. The van der Waals surface area contributed by atoms with Crippen molar-refractivity contribution in [1.82, 2.24) is 9.97 Å². The lowest BCUT2D eigenvalue weighted by Crippen LogP contribution is -1.97. The lowest BCUT2D eigenvalue weighted by atomic mass is 10.0. The molecule has 0 unspecified atom stereocenters. The van der Waals surface area contributed by atoms with Crippen LogP contribution >= 0.6 is 0 Å². The maximum absolute atomic E-state index is 4.62. The number of aromatic nitrogens is 2. The molecule has 2 nitrogen and oxygen atoms in total. The minimum atomic E-state index is 0.960. The number of nitrogens with zero attached hydrogens (tertiary/aromatic N) is 2. The van der Waals surface area contributed by atoms with Gasteiger partial charge in [-0.2, -0.15) is 0 Å². The highest BCUT2D eigenvalue weighted by Gasteiger charge is 2.24. The molecular weight excluding hydrogens is 196 g/mol. The summed E-state index contributed by atoms with van der Waals surface area (Å²) in [5, 5.41) is 0.